The van der Waals surface area contributed by atoms with Crippen molar-refractivity contribution in [1.29, 1.82) is 0 Å². The molecule has 1 aliphatic rings. The predicted octanol–water partition coefficient (Wildman–Crippen LogP) is 3.77. The number of aryl methyl sites for hydroxylation is 1. The van der Waals surface area contributed by atoms with Gasteiger partial charge in [0, 0.05) is 11.6 Å². The van der Waals surface area contributed by atoms with E-state index in [9.17, 15) is 0 Å². The lowest BCUT2D eigenvalue weighted by molar-refractivity contribution is 0.274. The quantitative estimate of drug-likeness (QED) is 0.845. The maximum Gasteiger partial charge on any atom is 0.119 e. The van der Waals surface area contributed by atoms with E-state index in [-0.39, 0.29) is 0 Å². The fourth-order valence-electron chi connectivity index (χ4n) is 2.79. The standard InChI is InChI=1S/C17H19NO/c18-15-8-10-16(11-9-15)19-12-14-6-3-5-13-4-1-2-7-17(13)14/h1-2,4,7-11,14H,3,5-6,12,18H2. The third-order valence-corrected chi connectivity index (χ3v) is 3.82. The third kappa shape index (κ3) is 2.73. The second kappa shape index (κ2) is 5.35. The average Bonchev–Trinajstić information content (AvgIpc) is 2.47. The molecule has 0 amide bonds. The van der Waals surface area contributed by atoms with Crippen molar-refractivity contribution in [1.82, 2.24) is 0 Å². The molecule has 2 aromatic carbocycles. The number of rotatable bonds is 3. The van der Waals surface area contributed by atoms with Crippen LogP contribution in [0.2, 0.25) is 0 Å². The summed E-state index contributed by atoms with van der Waals surface area (Å²) in [5.74, 6) is 1.42. The van der Waals surface area contributed by atoms with Gasteiger partial charge in [0.2, 0.25) is 0 Å². The number of anilines is 1. The summed E-state index contributed by atoms with van der Waals surface area (Å²) in [6.07, 6.45) is 3.67. The molecule has 0 aromatic heterocycles. The van der Waals surface area contributed by atoms with Gasteiger partial charge in [-0.3, -0.25) is 0 Å². The van der Waals surface area contributed by atoms with Crippen molar-refractivity contribution in [2.75, 3.05) is 12.3 Å². The van der Waals surface area contributed by atoms with E-state index in [4.69, 9.17) is 10.5 Å². The molecule has 2 aromatic rings. The molecular formula is C17H19NO. The lowest BCUT2D eigenvalue weighted by Crippen LogP contribution is -2.16. The third-order valence-electron chi connectivity index (χ3n) is 3.82. The molecular weight excluding hydrogens is 234 g/mol. The molecule has 98 valence electrons. The second-order valence-corrected chi connectivity index (χ2v) is 5.17. The van der Waals surface area contributed by atoms with E-state index in [0.29, 0.717) is 5.92 Å². The summed E-state index contributed by atoms with van der Waals surface area (Å²) in [4.78, 5) is 0. The number of fused-ring (bicyclic) bond motifs is 1. The van der Waals surface area contributed by atoms with Crippen molar-refractivity contribution < 1.29 is 4.74 Å². The molecule has 0 bridgehead atoms. The van der Waals surface area contributed by atoms with Gasteiger partial charge in [0.05, 0.1) is 6.61 Å². The zero-order valence-electron chi connectivity index (χ0n) is 11.0. The van der Waals surface area contributed by atoms with E-state index in [1.54, 1.807) is 0 Å². The largest absolute Gasteiger partial charge is 0.493 e. The van der Waals surface area contributed by atoms with Crippen LogP contribution in [-0.2, 0) is 6.42 Å². The van der Waals surface area contributed by atoms with Crippen molar-refractivity contribution in [3.8, 4) is 5.75 Å². The minimum atomic E-state index is 0.516. The monoisotopic (exact) mass is 253 g/mol. The molecule has 2 heteroatoms. The van der Waals surface area contributed by atoms with Crippen LogP contribution in [0, 0.1) is 0 Å². The summed E-state index contributed by atoms with van der Waals surface area (Å²) < 4.78 is 5.90. The summed E-state index contributed by atoms with van der Waals surface area (Å²) in [6, 6.07) is 16.4. The van der Waals surface area contributed by atoms with E-state index in [1.807, 2.05) is 24.3 Å². The first-order valence-corrected chi connectivity index (χ1v) is 6.89. The lowest BCUT2D eigenvalue weighted by Gasteiger charge is -2.25. The molecule has 2 nitrogen and oxygen atoms in total. The fourth-order valence-corrected chi connectivity index (χ4v) is 2.79. The maximum atomic E-state index is 5.90. The molecule has 1 atom stereocenters. The topological polar surface area (TPSA) is 35.2 Å². The Morgan fingerprint density at radius 3 is 2.68 bits per heavy atom. The van der Waals surface area contributed by atoms with Crippen molar-refractivity contribution in [2.45, 2.75) is 25.2 Å². The van der Waals surface area contributed by atoms with Gasteiger partial charge in [-0.1, -0.05) is 24.3 Å². The number of ether oxygens (including phenoxy) is 1. The zero-order chi connectivity index (χ0) is 13.1. The van der Waals surface area contributed by atoms with Crippen molar-refractivity contribution in [3.05, 3.63) is 59.7 Å². The van der Waals surface area contributed by atoms with Crippen molar-refractivity contribution in [2.24, 2.45) is 0 Å². The SMILES string of the molecule is Nc1ccc(OCC2CCCc3ccccc32)cc1. The zero-order valence-corrected chi connectivity index (χ0v) is 11.0. The second-order valence-electron chi connectivity index (χ2n) is 5.17. The first-order chi connectivity index (χ1) is 9.33. The Morgan fingerprint density at radius 1 is 1.05 bits per heavy atom. The summed E-state index contributed by atoms with van der Waals surface area (Å²) in [7, 11) is 0. The number of hydrogen-bond acceptors (Lipinski definition) is 2. The highest BCUT2D eigenvalue weighted by Crippen LogP contribution is 2.31. The van der Waals surface area contributed by atoms with Crippen LogP contribution in [0.15, 0.2) is 48.5 Å². The molecule has 0 aliphatic heterocycles. The van der Waals surface area contributed by atoms with Crippen LogP contribution in [0.3, 0.4) is 0 Å². The summed E-state index contributed by atoms with van der Waals surface area (Å²) in [5.41, 5.74) is 9.39. The van der Waals surface area contributed by atoms with Gasteiger partial charge >= 0.3 is 0 Å². The summed E-state index contributed by atoms with van der Waals surface area (Å²) in [5, 5.41) is 0. The van der Waals surface area contributed by atoms with Gasteiger partial charge in [-0.15, -0.1) is 0 Å². The highest BCUT2D eigenvalue weighted by molar-refractivity contribution is 5.41. The number of hydrogen-bond donors (Lipinski definition) is 1. The normalized spacial score (nSPS) is 17.8. The Labute approximate surface area is 114 Å². The van der Waals surface area contributed by atoms with E-state index >= 15 is 0 Å². The molecule has 0 spiro atoms. The van der Waals surface area contributed by atoms with Crippen LogP contribution in [0.4, 0.5) is 5.69 Å². The molecule has 1 unspecified atom stereocenters. The Morgan fingerprint density at radius 2 is 1.84 bits per heavy atom. The van der Waals surface area contributed by atoms with Crippen LogP contribution < -0.4 is 10.5 Å². The van der Waals surface area contributed by atoms with Gasteiger partial charge in [-0.05, 0) is 54.7 Å². The minimum absolute atomic E-state index is 0.516. The molecule has 0 saturated carbocycles. The van der Waals surface area contributed by atoms with Crippen molar-refractivity contribution >= 4 is 5.69 Å². The van der Waals surface area contributed by atoms with Gasteiger partial charge in [0.1, 0.15) is 5.75 Å². The Kier molecular flexibility index (Phi) is 3.41. The van der Waals surface area contributed by atoms with Crippen LogP contribution in [0.1, 0.15) is 29.9 Å². The van der Waals surface area contributed by atoms with Crippen LogP contribution >= 0.6 is 0 Å². The van der Waals surface area contributed by atoms with Crippen LogP contribution in [-0.4, -0.2) is 6.61 Å². The number of nitrogen functional groups attached to an aromatic ring is 1. The minimum Gasteiger partial charge on any atom is -0.493 e. The number of benzene rings is 2. The summed E-state index contributed by atoms with van der Waals surface area (Å²) in [6.45, 7) is 0.751. The Hall–Kier alpha value is -1.96. The lowest BCUT2D eigenvalue weighted by atomic mass is 9.83. The van der Waals surface area contributed by atoms with Crippen molar-refractivity contribution in [3.63, 3.8) is 0 Å². The number of nitrogens with two attached hydrogens (primary N) is 1. The van der Waals surface area contributed by atoms with Gasteiger partial charge in [0.15, 0.2) is 0 Å². The van der Waals surface area contributed by atoms with E-state index in [2.05, 4.69) is 24.3 Å². The molecule has 1 aliphatic carbocycles. The highest BCUT2D eigenvalue weighted by atomic mass is 16.5. The molecule has 3 rings (SSSR count). The van der Waals surface area contributed by atoms with Gasteiger partial charge in [0.25, 0.3) is 0 Å². The first-order valence-electron chi connectivity index (χ1n) is 6.89. The van der Waals surface area contributed by atoms with E-state index in [0.717, 1.165) is 18.0 Å². The maximum absolute atomic E-state index is 5.90. The molecule has 19 heavy (non-hydrogen) atoms. The van der Waals surface area contributed by atoms with Crippen LogP contribution in [0.25, 0.3) is 0 Å². The molecule has 0 radical (unpaired) electrons. The van der Waals surface area contributed by atoms with Gasteiger partial charge in [-0.2, -0.15) is 0 Å². The smallest absolute Gasteiger partial charge is 0.119 e. The Bertz CT molecular complexity index is 547. The molecule has 0 saturated heterocycles. The van der Waals surface area contributed by atoms with Gasteiger partial charge < -0.3 is 10.5 Å². The average molecular weight is 253 g/mol. The highest BCUT2D eigenvalue weighted by Gasteiger charge is 2.20. The molecule has 0 heterocycles. The predicted molar refractivity (Wildman–Crippen MR) is 78.5 cm³/mol. The van der Waals surface area contributed by atoms with Crippen LogP contribution in [0.5, 0.6) is 5.75 Å². The van der Waals surface area contributed by atoms with Gasteiger partial charge in [-0.25, -0.2) is 0 Å². The summed E-state index contributed by atoms with van der Waals surface area (Å²) >= 11 is 0. The molecule has 2 N–H and O–H groups in total. The van der Waals surface area contributed by atoms with E-state index < -0.39 is 0 Å². The first kappa shape index (κ1) is 12.1. The van der Waals surface area contributed by atoms with E-state index in [1.165, 1.54) is 30.4 Å². The Balaban J connectivity index is 1.69. The molecule has 0 fully saturated rings. The fraction of sp³-hybridized carbons (Fsp3) is 0.294.